The van der Waals surface area contributed by atoms with E-state index in [9.17, 15) is 22.8 Å². The number of rotatable bonds is 0. The summed E-state index contributed by atoms with van der Waals surface area (Å²) < 4.78 is 40.9. The molecule has 0 N–H and O–H groups in total. The summed E-state index contributed by atoms with van der Waals surface area (Å²) in [5.74, 6) is 3.04. The predicted molar refractivity (Wildman–Crippen MR) is 95.5 cm³/mol. The summed E-state index contributed by atoms with van der Waals surface area (Å²) in [4.78, 5) is 22.6. The molecule has 4 aliphatic carbocycles. The van der Waals surface area contributed by atoms with Gasteiger partial charge in [-0.3, -0.25) is 4.79 Å². The number of hydrogen-bond acceptors (Lipinski definition) is 3. The Hall–Kier alpha value is -1.77. The molecule has 3 nitrogen and oxygen atoms in total. The van der Waals surface area contributed by atoms with E-state index in [2.05, 4.69) is 17.6 Å². The molecule has 0 unspecified atom stereocenters. The normalized spacial score (nSPS) is 39.6. The lowest BCUT2D eigenvalue weighted by Crippen LogP contribution is -2.46. The fourth-order valence-corrected chi connectivity index (χ4v) is 6.62. The monoisotopic (exact) mass is 394 g/mol. The number of allylic oxidation sites excluding steroid dienone is 1. The molecule has 0 amide bonds. The zero-order valence-electron chi connectivity index (χ0n) is 16.0. The Labute approximate surface area is 163 Å². The van der Waals surface area contributed by atoms with Crippen LogP contribution in [0.1, 0.15) is 58.3 Å². The van der Waals surface area contributed by atoms with Crippen LogP contribution in [0.25, 0.3) is 0 Å². The maximum atomic E-state index is 12.3. The quantitative estimate of drug-likeness (QED) is 0.437. The average Bonchev–Trinajstić information content (AvgIpc) is 2.97. The number of ether oxygens (including phenoxy) is 1. The summed E-state index contributed by atoms with van der Waals surface area (Å²) >= 11 is 0. The molecule has 0 spiro atoms. The van der Waals surface area contributed by atoms with Gasteiger partial charge in [-0.15, -0.1) is 0 Å². The van der Waals surface area contributed by atoms with E-state index in [0.29, 0.717) is 30.1 Å². The van der Waals surface area contributed by atoms with Crippen LogP contribution in [0, 0.1) is 47.0 Å². The molecule has 152 valence electrons. The summed E-state index contributed by atoms with van der Waals surface area (Å²) in [6.07, 6.45) is 6.54. The summed E-state index contributed by atoms with van der Waals surface area (Å²) in [5, 5.41) is 0. The van der Waals surface area contributed by atoms with Gasteiger partial charge >= 0.3 is 12.1 Å². The van der Waals surface area contributed by atoms with Gasteiger partial charge in [0.15, 0.2) is 5.78 Å². The standard InChI is InChI=1S/C22H25F3O3/c1-21-10-8-17-16-6-4-15(26)12-13(16)2-5-18(17)19(21)7-3-14(21)9-11-28-20(27)22(23,24)25/h12,14,16-19H,2-8,10H2,1H3/t14-,16-,17+,18+,19-,21+/m0/s1. The summed E-state index contributed by atoms with van der Waals surface area (Å²) in [6, 6.07) is 0. The first-order chi connectivity index (χ1) is 13.2. The number of hydrogen-bond donors (Lipinski definition) is 0. The van der Waals surface area contributed by atoms with Crippen LogP contribution in [0.2, 0.25) is 0 Å². The van der Waals surface area contributed by atoms with Gasteiger partial charge < -0.3 is 4.74 Å². The molecule has 0 aromatic carbocycles. The van der Waals surface area contributed by atoms with Crippen LogP contribution >= 0.6 is 0 Å². The van der Waals surface area contributed by atoms with Gasteiger partial charge in [-0.1, -0.05) is 18.4 Å². The van der Waals surface area contributed by atoms with Crippen molar-refractivity contribution in [2.45, 2.75) is 64.5 Å². The number of carbonyl (C=O) groups excluding carboxylic acids is 2. The fraction of sp³-hybridized carbons (Fsp3) is 0.727. The van der Waals surface area contributed by atoms with E-state index in [1.807, 2.05) is 12.2 Å². The van der Waals surface area contributed by atoms with E-state index in [1.165, 1.54) is 5.57 Å². The highest BCUT2D eigenvalue weighted by Gasteiger charge is 2.56. The van der Waals surface area contributed by atoms with Crippen LogP contribution in [0.5, 0.6) is 0 Å². The lowest BCUT2D eigenvalue weighted by atomic mass is 9.51. The first-order valence-corrected chi connectivity index (χ1v) is 10.2. The Kier molecular flexibility index (Phi) is 4.84. The molecule has 0 radical (unpaired) electrons. The first-order valence-electron chi connectivity index (χ1n) is 10.2. The van der Waals surface area contributed by atoms with Gasteiger partial charge in [0.25, 0.3) is 0 Å². The minimum atomic E-state index is -5.01. The zero-order chi connectivity index (χ0) is 20.1. The van der Waals surface area contributed by atoms with Crippen molar-refractivity contribution in [2.75, 3.05) is 0 Å². The van der Waals surface area contributed by atoms with Gasteiger partial charge in [-0.05, 0) is 80.1 Å². The maximum absolute atomic E-state index is 12.3. The SMILES string of the molecule is C[C@]12CC[C@H]3[C@@H](CCC4=CC(=O)CC[C@@H]43)[C@@H]1CC[C@H]2C#COC(=O)C(F)(F)F. The van der Waals surface area contributed by atoms with Gasteiger partial charge in [-0.2, -0.15) is 13.2 Å². The van der Waals surface area contributed by atoms with Crippen molar-refractivity contribution in [3.63, 3.8) is 0 Å². The van der Waals surface area contributed by atoms with Crippen molar-refractivity contribution in [3.8, 4) is 12.0 Å². The number of fused-ring (bicyclic) bond motifs is 5. The number of halogens is 3. The Morgan fingerprint density at radius 1 is 1.14 bits per heavy atom. The van der Waals surface area contributed by atoms with E-state index in [-0.39, 0.29) is 17.1 Å². The zero-order valence-corrected chi connectivity index (χ0v) is 16.0. The molecule has 0 aromatic heterocycles. The molecule has 0 aromatic rings. The summed E-state index contributed by atoms with van der Waals surface area (Å²) in [6.45, 7) is 2.21. The number of alkyl halides is 3. The molecule has 28 heavy (non-hydrogen) atoms. The van der Waals surface area contributed by atoms with Crippen LogP contribution in [0.4, 0.5) is 13.2 Å². The fourth-order valence-electron chi connectivity index (χ4n) is 6.62. The molecular formula is C22H25F3O3. The third kappa shape index (κ3) is 3.27. The van der Waals surface area contributed by atoms with Crippen LogP contribution in [0.15, 0.2) is 11.6 Å². The topological polar surface area (TPSA) is 43.4 Å². The highest BCUT2D eigenvalue weighted by molar-refractivity contribution is 5.91. The van der Waals surface area contributed by atoms with Crippen molar-refractivity contribution < 1.29 is 27.5 Å². The highest BCUT2D eigenvalue weighted by Crippen LogP contribution is 2.63. The third-order valence-electron chi connectivity index (χ3n) is 7.91. The summed E-state index contributed by atoms with van der Waals surface area (Å²) in [7, 11) is 0. The highest BCUT2D eigenvalue weighted by atomic mass is 19.4. The molecule has 3 fully saturated rings. The number of esters is 1. The largest absolute Gasteiger partial charge is 0.492 e. The van der Waals surface area contributed by atoms with Gasteiger partial charge in [0.1, 0.15) is 6.11 Å². The molecule has 4 aliphatic rings. The Morgan fingerprint density at radius 3 is 2.68 bits per heavy atom. The van der Waals surface area contributed by atoms with Crippen LogP contribution < -0.4 is 0 Å². The molecule has 0 aliphatic heterocycles. The van der Waals surface area contributed by atoms with E-state index >= 15 is 0 Å². The second-order valence-corrected chi connectivity index (χ2v) is 9.11. The second kappa shape index (κ2) is 6.93. The first kappa shape index (κ1) is 19.5. The van der Waals surface area contributed by atoms with Crippen molar-refractivity contribution >= 4 is 11.8 Å². The molecule has 4 rings (SSSR count). The van der Waals surface area contributed by atoms with E-state index < -0.39 is 12.1 Å². The van der Waals surface area contributed by atoms with E-state index in [4.69, 9.17) is 0 Å². The molecule has 0 saturated heterocycles. The van der Waals surface area contributed by atoms with Crippen LogP contribution in [-0.4, -0.2) is 17.9 Å². The maximum Gasteiger partial charge on any atom is 0.492 e. The smallest absolute Gasteiger partial charge is 0.365 e. The Bertz CT molecular complexity index is 772. The third-order valence-corrected chi connectivity index (χ3v) is 7.91. The average molecular weight is 394 g/mol. The van der Waals surface area contributed by atoms with E-state index in [1.54, 1.807) is 0 Å². The van der Waals surface area contributed by atoms with E-state index in [0.717, 1.165) is 44.9 Å². The van der Waals surface area contributed by atoms with Crippen molar-refractivity contribution in [1.29, 1.82) is 0 Å². The van der Waals surface area contributed by atoms with Crippen LogP contribution in [0.3, 0.4) is 0 Å². The van der Waals surface area contributed by atoms with Crippen LogP contribution in [-0.2, 0) is 14.3 Å². The molecular weight excluding hydrogens is 369 g/mol. The predicted octanol–water partition coefficient (Wildman–Crippen LogP) is 4.81. The molecule has 3 saturated carbocycles. The lowest BCUT2D eigenvalue weighted by molar-refractivity contribution is -0.192. The van der Waals surface area contributed by atoms with Crippen molar-refractivity contribution in [2.24, 2.45) is 35.0 Å². The Balaban J connectivity index is 1.48. The minimum absolute atomic E-state index is 0.0372. The van der Waals surface area contributed by atoms with Gasteiger partial charge in [-0.25, -0.2) is 4.79 Å². The second-order valence-electron chi connectivity index (χ2n) is 9.11. The van der Waals surface area contributed by atoms with Gasteiger partial charge in [0, 0.05) is 12.3 Å². The number of ketones is 1. The molecule has 0 bridgehead atoms. The molecule has 0 heterocycles. The summed E-state index contributed by atoms with van der Waals surface area (Å²) in [5.41, 5.74) is 1.30. The Morgan fingerprint density at radius 2 is 1.93 bits per heavy atom. The number of carbonyl (C=O) groups is 2. The van der Waals surface area contributed by atoms with Gasteiger partial charge in [0.2, 0.25) is 0 Å². The lowest BCUT2D eigenvalue weighted by Gasteiger charge is -2.53. The van der Waals surface area contributed by atoms with Gasteiger partial charge in [0.05, 0.1) is 0 Å². The minimum Gasteiger partial charge on any atom is -0.365 e. The van der Waals surface area contributed by atoms with Crippen molar-refractivity contribution in [3.05, 3.63) is 11.6 Å². The van der Waals surface area contributed by atoms with Crippen molar-refractivity contribution in [1.82, 2.24) is 0 Å². The molecule has 6 atom stereocenters. The molecule has 6 heteroatoms.